The lowest BCUT2D eigenvalue weighted by atomic mass is 9.97. The van der Waals surface area contributed by atoms with E-state index in [0.717, 1.165) is 29.2 Å². The van der Waals surface area contributed by atoms with Crippen LogP contribution in [0, 0.1) is 26.6 Å². The Morgan fingerprint density at radius 2 is 1.95 bits per heavy atom. The van der Waals surface area contributed by atoms with Crippen molar-refractivity contribution in [2.45, 2.75) is 33.7 Å². The lowest BCUT2D eigenvalue weighted by Gasteiger charge is -2.18. The number of halogens is 1. The molecular formula is C16H20FNO. The maximum atomic E-state index is 13.8. The normalized spacial score (nSPS) is 12.7. The second-order valence-corrected chi connectivity index (χ2v) is 4.87. The Bertz CT molecular complexity index is 574. The number of rotatable bonds is 4. The Morgan fingerprint density at radius 3 is 2.47 bits per heavy atom. The molecule has 2 nitrogen and oxygen atoms in total. The van der Waals surface area contributed by atoms with Gasteiger partial charge in [-0.1, -0.05) is 19.1 Å². The minimum absolute atomic E-state index is 0.0300. The van der Waals surface area contributed by atoms with E-state index in [9.17, 15) is 4.39 Å². The zero-order valence-electron chi connectivity index (χ0n) is 11.9. The number of hydrogen-bond acceptors (Lipinski definition) is 2. The van der Waals surface area contributed by atoms with Gasteiger partial charge in [-0.3, -0.25) is 0 Å². The number of aryl methyl sites for hydroxylation is 3. The molecule has 1 atom stereocenters. The zero-order chi connectivity index (χ0) is 14.0. The summed E-state index contributed by atoms with van der Waals surface area (Å²) < 4.78 is 19.3. The molecule has 0 amide bonds. The van der Waals surface area contributed by atoms with Crippen LogP contribution >= 0.6 is 0 Å². The van der Waals surface area contributed by atoms with Crippen molar-refractivity contribution in [1.82, 2.24) is 5.32 Å². The fourth-order valence-corrected chi connectivity index (χ4v) is 2.34. The van der Waals surface area contributed by atoms with Crippen molar-refractivity contribution in [3.05, 3.63) is 58.3 Å². The highest BCUT2D eigenvalue weighted by atomic mass is 19.1. The predicted molar refractivity (Wildman–Crippen MR) is 74.8 cm³/mol. The fraction of sp³-hybridized carbons (Fsp3) is 0.375. The highest BCUT2D eigenvalue weighted by Crippen LogP contribution is 2.28. The van der Waals surface area contributed by atoms with Gasteiger partial charge >= 0.3 is 0 Å². The third-order valence-corrected chi connectivity index (χ3v) is 3.33. The minimum atomic E-state index is -0.168. The molecule has 0 saturated carbocycles. The lowest BCUT2D eigenvalue weighted by molar-refractivity contribution is 0.494. The zero-order valence-corrected chi connectivity index (χ0v) is 11.9. The molecule has 1 heterocycles. The predicted octanol–water partition coefficient (Wildman–Crippen LogP) is 4.04. The van der Waals surface area contributed by atoms with Crippen LogP contribution < -0.4 is 5.32 Å². The van der Waals surface area contributed by atoms with Crippen molar-refractivity contribution in [1.29, 1.82) is 0 Å². The molecule has 2 aromatic rings. The van der Waals surface area contributed by atoms with Gasteiger partial charge in [-0.25, -0.2) is 4.39 Å². The molecule has 0 aliphatic rings. The molecule has 0 spiro atoms. The van der Waals surface area contributed by atoms with E-state index in [1.54, 1.807) is 13.0 Å². The van der Waals surface area contributed by atoms with Gasteiger partial charge in [0.2, 0.25) is 0 Å². The van der Waals surface area contributed by atoms with Crippen LogP contribution in [0.4, 0.5) is 4.39 Å². The molecule has 0 radical (unpaired) electrons. The second kappa shape index (κ2) is 5.57. The van der Waals surface area contributed by atoms with E-state index < -0.39 is 0 Å². The summed E-state index contributed by atoms with van der Waals surface area (Å²) in [6, 6.07) is 7.37. The molecule has 1 aromatic heterocycles. The molecule has 0 bridgehead atoms. The Kier molecular flexibility index (Phi) is 4.05. The van der Waals surface area contributed by atoms with Gasteiger partial charge in [0.1, 0.15) is 17.3 Å². The van der Waals surface area contributed by atoms with Crippen LogP contribution in [0.3, 0.4) is 0 Å². The average molecular weight is 261 g/mol. The number of benzene rings is 1. The van der Waals surface area contributed by atoms with Crippen molar-refractivity contribution in [2.75, 3.05) is 6.54 Å². The fourth-order valence-electron chi connectivity index (χ4n) is 2.34. The first kappa shape index (κ1) is 13.8. The molecule has 0 saturated heterocycles. The van der Waals surface area contributed by atoms with Crippen LogP contribution in [0.25, 0.3) is 0 Å². The van der Waals surface area contributed by atoms with Gasteiger partial charge in [0.25, 0.3) is 0 Å². The van der Waals surface area contributed by atoms with E-state index in [0.29, 0.717) is 5.56 Å². The minimum Gasteiger partial charge on any atom is -0.466 e. The quantitative estimate of drug-likeness (QED) is 0.898. The maximum Gasteiger partial charge on any atom is 0.126 e. The number of nitrogens with one attached hydrogen (secondary N) is 1. The SMILES string of the molecule is CCNC(c1ccc(C)c(F)c1)c1cc(C)oc1C. The Morgan fingerprint density at radius 1 is 1.21 bits per heavy atom. The number of furan rings is 1. The van der Waals surface area contributed by atoms with Crippen LogP contribution in [-0.4, -0.2) is 6.54 Å². The van der Waals surface area contributed by atoms with Gasteiger partial charge in [-0.05, 0) is 50.6 Å². The molecule has 1 unspecified atom stereocenters. The van der Waals surface area contributed by atoms with Gasteiger partial charge in [-0.2, -0.15) is 0 Å². The maximum absolute atomic E-state index is 13.8. The highest BCUT2D eigenvalue weighted by Gasteiger charge is 2.19. The topological polar surface area (TPSA) is 25.2 Å². The summed E-state index contributed by atoms with van der Waals surface area (Å²) in [5.74, 6) is 1.59. The lowest BCUT2D eigenvalue weighted by Crippen LogP contribution is -2.22. The van der Waals surface area contributed by atoms with Crippen LogP contribution in [0.5, 0.6) is 0 Å². The molecule has 0 fully saturated rings. The molecular weight excluding hydrogens is 241 g/mol. The molecule has 1 N–H and O–H groups in total. The van der Waals surface area contributed by atoms with Crippen LogP contribution in [0.2, 0.25) is 0 Å². The van der Waals surface area contributed by atoms with Gasteiger partial charge in [0.05, 0.1) is 6.04 Å². The van der Waals surface area contributed by atoms with E-state index in [1.807, 2.05) is 39.0 Å². The van der Waals surface area contributed by atoms with Crippen molar-refractivity contribution in [3.8, 4) is 0 Å². The molecule has 1 aromatic carbocycles. The molecule has 19 heavy (non-hydrogen) atoms. The van der Waals surface area contributed by atoms with Crippen molar-refractivity contribution in [3.63, 3.8) is 0 Å². The Balaban J connectivity index is 2.44. The first-order valence-electron chi connectivity index (χ1n) is 6.59. The number of hydrogen-bond donors (Lipinski definition) is 1. The van der Waals surface area contributed by atoms with Gasteiger partial charge in [0.15, 0.2) is 0 Å². The average Bonchev–Trinajstić information content (AvgIpc) is 2.69. The first-order chi connectivity index (χ1) is 9.02. The monoisotopic (exact) mass is 261 g/mol. The summed E-state index contributed by atoms with van der Waals surface area (Å²) in [5.41, 5.74) is 2.66. The van der Waals surface area contributed by atoms with Crippen molar-refractivity contribution >= 4 is 0 Å². The Hall–Kier alpha value is -1.61. The largest absolute Gasteiger partial charge is 0.466 e. The molecule has 2 rings (SSSR count). The third kappa shape index (κ3) is 2.87. The van der Waals surface area contributed by atoms with E-state index in [2.05, 4.69) is 5.32 Å². The molecule has 3 heteroatoms. The smallest absolute Gasteiger partial charge is 0.126 e. The third-order valence-electron chi connectivity index (χ3n) is 3.33. The van der Waals surface area contributed by atoms with Gasteiger partial charge in [0, 0.05) is 5.56 Å². The Labute approximate surface area is 113 Å². The van der Waals surface area contributed by atoms with Crippen LogP contribution in [0.15, 0.2) is 28.7 Å². The highest BCUT2D eigenvalue weighted by molar-refractivity contribution is 5.36. The van der Waals surface area contributed by atoms with E-state index >= 15 is 0 Å². The summed E-state index contributed by atoms with van der Waals surface area (Å²) in [4.78, 5) is 0. The second-order valence-electron chi connectivity index (χ2n) is 4.87. The van der Waals surface area contributed by atoms with E-state index in [-0.39, 0.29) is 11.9 Å². The summed E-state index contributed by atoms with van der Waals surface area (Å²) >= 11 is 0. The summed E-state index contributed by atoms with van der Waals surface area (Å²) in [6.45, 7) is 8.49. The van der Waals surface area contributed by atoms with E-state index in [1.165, 1.54) is 0 Å². The summed E-state index contributed by atoms with van der Waals surface area (Å²) in [5, 5.41) is 3.39. The van der Waals surface area contributed by atoms with Crippen molar-refractivity contribution < 1.29 is 8.81 Å². The van der Waals surface area contributed by atoms with E-state index in [4.69, 9.17) is 4.42 Å². The van der Waals surface area contributed by atoms with Crippen LogP contribution in [-0.2, 0) is 0 Å². The molecule has 0 aliphatic carbocycles. The summed E-state index contributed by atoms with van der Waals surface area (Å²) in [7, 11) is 0. The van der Waals surface area contributed by atoms with Crippen LogP contribution in [0.1, 0.15) is 41.2 Å². The van der Waals surface area contributed by atoms with Gasteiger partial charge in [-0.15, -0.1) is 0 Å². The molecule has 0 aliphatic heterocycles. The standard InChI is InChI=1S/C16H20FNO/c1-5-18-16(14-8-11(3)19-12(14)4)13-7-6-10(2)15(17)9-13/h6-9,16,18H,5H2,1-4H3. The van der Waals surface area contributed by atoms with Gasteiger partial charge < -0.3 is 9.73 Å². The first-order valence-corrected chi connectivity index (χ1v) is 6.59. The molecule has 102 valence electrons. The summed E-state index contributed by atoms with van der Waals surface area (Å²) in [6.07, 6.45) is 0. The van der Waals surface area contributed by atoms with Crippen molar-refractivity contribution in [2.24, 2.45) is 0 Å².